The molecule has 164 valence electrons. The van der Waals surface area contributed by atoms with E-state index in [4.69, 9.17) is 4.74 Å². The van der Waals surface area contributed by atoms with Crippen molar-refractivity contribution in [3.63, 3.8) is 0 Å². The Balaban J connectivity index is 1.38. The predicted octanol–water partition coefficient (Wildman–Crippen LogP) is 3.69. The first-order chi connectivity index (χ1) is 15.6. The second-order valence-corrected chi connectivity index (χ2v) is 7.81. The van der Waals surface area contributed by atoms with Crippen LogP contribution in [0.3, 0.4) is 0 Å². The molecule has 0 bridgehead atoms. The fourth-order valence-electron chi connectivity index (χ4n) is 3.83. The van der Waals surface area contributed by atoms with Gasteiger partial charge in [0.15, 0.2) is 5.78 Å². The van der Waals surface area contributed by atoms with Crippen molar-refractivity contribution >= 4 is 11.7 Å². The first-order valence-electron chi connectivity index (χ1n) is 10.7. The fourth-order valence-corrected chi connectivity index (χ4v) is 3.83. The van der Waals surface area contributed by atoms with Crippen LogP contribution < -0.4 is 5.32 Å². The number of carbonyl (C=O) groups excluding carboxylic acids is 2. The molecule has 1 aliphatic heterocycles. The molecule has 0 unspecified atom stereocenters. The molecule has 6 heteroatoms. The third kappa shape index (κ3) is 5.46. The van der Waals surface area contributed by atoms with Gasteiger partial charge in [-0.25, -0.2) is 4.39 Å². The minimum Gasteiger partial charge on any atom is -0.374 e. The Morgan fingerprint density at radius 2 is 1.62 bits per heavy atom. The molecule has 3 aromatic carbocycles. The summed E-state index contributed by atoms with van der Waals surface area (Å²) in [4.78, 5) is 28.1. The number of hydrogen-bond acceptors (Lipinski definition) is 4. The van der Waals surface area contributed by atoms with Gasteiger partial charge in [-0.3, -0.25) is 14.5 Å². The van der Waals surface area contributed by atoms with Crippen molar-refractivity contribution in [2.24, 2.45) is 0 Å². The summed E-state index contributed by atoms with van der Waals surface area (Å²) in [6, 6.07) is 22.2. The zero-order valence-corrected chi connectivity index (χ0v) is 17.7. The van der Waals surface area contributed by atoms with Crippen LogP contribution in [0.4, 0.5) is 4.39 Å². The minimum absolute atomic E-state index is 0.128. The number of amides is 1. The maximum Gasteiger partial charge on any atom is 0.252 e. The summed E-state index contributed by atoms with van der Waals surface area (Å²) in [5.41, 5.74) is 2.15. The number of ketones is 1. The number of ether oxygens (including phenoxy) is 1. The summed E-state index contributed by atoms with van der Waals surface area (Å²) in [6.45, 7) is 3.35. The van der Waals surface area contributed by atoms with Gasteiger partial charge in [-0.05, 0) is 35.9 Å². The summed E-state index contributed by atoms with van der Waals surface area (Å²) in [5.74, 6) is -1.07. The molecule has 0 saturated carbocycles. The molecule has 1 aliphatic rings. The standard InChI is InChI=1S/C26H25FN2O3/c27-21-12-10-20(11-13-21)25(30)23-8-4-5-9-24(23)26(31)28-16-22-18-29(14-15-32-22)17-19-6-2-1-3-7-19/h1-13,22H,14-18H2,(H,28,31)/t22-/m0/s1. The molecular formula is C26H25FN2O3. The van der Waals surface area contributed by atoms with Crippen molar-refractivity contribution in [2.45, 2.75) is 12.6 Å². The lowest BCUT2D eigenvalue weighted by atomic mass is 9.98. The number of hydrogen-bond donors (Lipinski definition) is 1. The molecule has 1 saturated heterocycles. The molecule has 0 spiro atoms. The van der Waals surface area contributed by atoms with E-state index in [1.807, 2.05) is 18.2 Å². The van der Waals surface area contributed by atoms with Crippen LogP contribution >= 0.6 is 0 Å². The topological polar surface area (TPSA) is 58.6 Å². The highest BCUT2D eigenvalue weighted by Crippen LogP contribution is 2.16. The Morgan fingerprint density at radius 3 is 2.38 bits per heavy atom. The van der Waals surface area contributed by atoms with E-state index in [1.54, 1.807) is 24.3 Å². The van der Waals surface area contributed by atoms with Crippen molar-refractivity contribution < 1.29 is 18.7 Å². The lowest BCUT2D eigenvalue weighted by Gasteiger charge is -2.33. The Labute approximate surface area is 186 Å². The van der Waals surface area contributed by atoms with Gasteiger partial charge in [-0.2, -0.15) is 0 Å². The zero-order chi connectivity index (χ0) is 22.3. The van der Waals surface area contributed by atoms with Crippen LogP contribution in [-0.2, 0) is 11.3 Å². The van der Waals surface area contributed by atoms with Crippen molar-refractivity contribution in [1.29, 1.82) is 0 Å². The van der Waals surface area contributed by atoms with Crippen LogP contribution in [-0.4, -0.2) is 48.9 Å². The van der Waals surface area contributed by atoms with E-state index >= 15 is 0 Å². The summed E-state index contributed by atoms with van der Waals surface area (Å²) < 4.78 is 19.0. The summed E-state index contributed by atoms with van der Waals surface area (Å²) in [5, 5.41) is 2.91. The molecule has 1 N–H and O–H groups in total. The Morgan fingerprint density at radius 1 is 0.938 bits per heavy atom. The first kappa shape index (κ1) is 21.9. The molecule has 1 fully saturated rings. The van der Waals surface area contributed by atoms with Gasteiger partial charge in [-0.15, -0.1) is 0 Å². The molecule has 0 aliphatic carbocycles. The molecule has 0 aromatic heterocycles. The number of carbonyl (C=O) groups is 2. The molecule has 5 nitrogen and oxygen atoms in total. The van der Waals surface area contributed by atoms with Gasteiger partial charge < -0.3 is 10.1 Å². The van der Waals surface area contributed by atoms with Gasteiger partial charge in [0.25, 0.3) is 5.91 Å². The van der Waals surface area contributed by atoms with Crippen LogP contribution in [0.5, 0.6) is 0 Å². The highest BCUT2D eigenvalue weighted by Gasteiger charge is 2.23. The summed E-state index contributed by atoms with van der Waals surface area (Å²) >= 11 is 0. The van der Waals surface area contributed by atoms with Crippen LogP contribution in [0.15, 0.2) is 78.9 Å². The first-order valence-corrected chi connectivity index (χ1v) is 10.7. The average molecular weight is 432 g/mol. The van der Waals surface area contributed by atoms with Crippen LogP contribution in [0.25, 0.3) is 0 Å². The van der Waals surface area contributed by atoms with Crippen LogP contribution in [0.2, 0.25) is 0 Å². The van der Waals surface area contributed by atoms with Crippen molar-refractivity contribution in [3.8, 4) is 0 Å². The molecule has 3 aromatic rings. The molecule has 1 atom stereocenters. The summed E-state index contributed by atoms with van der Waals surface area (Å²) in [6.07, 6.45) is -0.128. The van der Waals surface area contributed by atoms with Gasteiger partial charge in [0, 0.05) is 37.3 Å². The van der Waals surface area contributed by atoms with Gasteiger partial charge in [-0.1, -0.05) is 48.5 Å². The lowest BCUT2D eigenvalue weighted by molar-refractivity contribution is -0.0292. The van der Waals surface area contributed by atoms with Gasteiger partial charge in [0.05, 0.1) is 18.3 Å². The summed E-state index contributed by atoms with van der Waals surface area (Å²) in [7, 11) is 0. The number of nitrogens with zero attached hydrogens (tertiary/aromatic N) is 1. The quantitative estimate of drug-likeness (QED) is 0.579. The number of morpholine rings is 1. The van der Waals surface area contributed by atoms with E-state index in [1.165, 1.54) is 29.8 Å². The molecular weight excluding hydrogens is 407 g/mol. The maximum absolute atomic E-state index is 13.2. The van der Waals surface area contributed by atoms with Crippen LogP contribution in [0, 0.1) is 5.82 Å². The third-order valence-corrected chi connectivity index (χ3v) is 5.48. The maximum atomic E-state index is 13.2. The molecule has 1 amide bonds. The number of rotatable bonds is 7. The van der Waals surface area contributed by atoms with Crippen molar-refractivity contribution in [1.82, 2.24) is 10.2 Å². The number of benzene rings is 3. The zero-order valence-electron chi connectivity index (χ0n) is 17.7. The molecule has 0 radical (unpaired) electrons. The monoisotopic (exact) mass is 432 g/mol. The third-order valence-electron chi connectivity index (χ3n) is 5.48. The smallest absolute Gasteiger partial charge is 0.252 e. The Hall–Kier alpha value is -3.35. The second-order valence-electron chi connectivity index (χ2n) is 7.81. The minimum atomic E-state index is -0.415. The van der Waals surface area contributed by atoms with E-state index in [9.17, 15) is 14.0 Å². The largest absolute Gasteiger partial charge is 0.374 e. The highest BCUT2D eigenvalue weighted by atomic mass is 19.1. The molecule has 1 heterocycles. The number of halogens is 1. The second kappa shape index (κ2) is 10.3. The van der Waals surface area contributed by atoms with Crippen molar-refractivity contribution in [3.05, 3.63) is 107 Å². The molecule has 4 rings (SSSR count). The van der Waals surface area contributed by atoms with E-state index in [0.29, 0.717) is 30.8 Å². The van der Waals surface area contributed by atoms with Gasteiger partial charge in [0.1, 0.15) is 5.82 Å². The lowest BCUT2D eigenvalue weighted by Crippen LogP contribution is -2.47. The highest BCUT2D eigenvalue weighted by molar-refractivity contribution is 6.15. The van der Waals surface area contributed by atoms with E-state index in [2.05, 4.69) is 22.3 Å². The fraction of sp³-hybridized carbons (Fsp3) is 0.231. The number of nitrogens with one attached hydrogen (secondary N) is 1. The normalized spacial score (nSPS) is 16.5. The predicted molar refractivity (Wildman–Crippen MR) is 120 cm³/mol. The Bertz CT molecular complexity index is 1070. The van der Waals surface area contributed by atoms with Crippen LogP contribution in [0.1, 0.15) is 31.8 Å². The SMILES string of the molecule is O=C(NC[C@H]1CN(Cc2ccccc2)CCO1)c1ccccc1C(=O)c1ccc(F)cc1. The van der Waals surface area contributed by atoms with E-state index in [0.717, 1.165) is 13.1 Å². The van der Waals surface area contributed by atoms with E-state index < -0.39 is 5.82 Å². The molecule has 32 heavy (non-hydrogen) atoms. The van der Waals surface area contributed by atoms with E-state index in [-0.39, 0.29) is 23.4 Å². The van der Waals surface area contributed by atoms with Gasteiger partial charge in [0.2, 0.25) is 0 Å². The van der Waals surface area contributed by atoms with Crippen molar-refractivity contribution in [2.75, 3.05) is 26.2 Å². The van der Waals surface area contributed by atoms with Gasteiger partial charge >= 0.3 is 0 Å². The average Bonchev–Trinajstić information content (AvgIpc) is 2.83. The Kier molecular flexibility index (Phi) is 7.04.